The van der Waals surface area contributed by atoms with Gasteiger partial charge in [-0.15, -0.1) is 0 Å². The monoisotopic (exact) mass is 649 g/mol. The third kappa shape index (κ3) is 8.19. The molecule has 0 aliphatic heterocycles. The number of anilines is 1. The fourth-order valence-electron chi connectivity index (χ4n) is 5.00. The van der Waals surface area contributed by atoms with Crippen LogP contribution in [0, 0.1) is 5.82 Å². The molecule has 230 valence electrons. The molecule has 2 amide bonds. The van der Waals surface area contributed by atoms with Crippen molar-refractivity contribution in [1.82, 2.24) is 10.2 Å². The molecule has 3 aromatic carbocycles. The SMILES string of the molecule is COc1ccc(S(=O)(=O)N(CC(=O)N(Cc2ccc(Cl)c(Cl)c2)[C@H](C)C(=O)NC2CCCCC2)c2ccc(F)cc2)cc1. The lowest BCUT2D eigenvalue weighted by molar-refractivity contribution is -0.139. The van der Waals surface area contributed by atoms with E-state index in [9.17, 15) is 22.4 Å². The first-order chi connectivity index (χ1) is 20.5. The molecule has 43 heavy (non-hydrogen) atoms. The zero-order chi connectivity index (χ0) is 31.1. The normalized spacial score (nSPS) is 14.5. The Morgan fingerprint density at radius 1 is 0.977 bits per heavy atom. The standard InChI is InChI=1S/C31H34Cl2FN3O5S/c1-21(31(39)35-24-6-4-3-5-7-24)36(19-22-8-17-28(32)29(33)18-22)30(38)20-37(25-11-9-23(34)10-12-25)43(40,41)27-15-13-26(42-2)14-16-27/h8-18,21,24H,3-7,19-20H2,1-2H3,(H,35,39)/t21-/m1/s1. The summed E-state index contributed by atoms with van der Waals surface area (Å²) in [5.74, 6) is -1.09. The quantitative estimate of drug-likeness (QED) is 0.267. The molecule has 1 aliphatic rings. The van der Waals surface area contributed by atoms with Gasteiger partial charge in [0.1, 0.15) is 24.2 Å². The summed E-state index contributed by atoms with van der Waals surface area (Å²) >= 11 is 12.3. The highest BCUT2D eigenvalue weighted by Crippen LogP contribution is 2.27. The van der Waals surface area contributed by atoms with Gasteiger partial charge in [-0.25, -0.2) is 12.8 Å². The molecule has 12 heteroatoms. The van der Waals surface area contributed by atoms with Crippen molar-refractivity contribution in [3.8, 4) is 5.75 Å². The summed E-state index contributed by atoms with van der Waals surface area (Å²) in [5.41, 5.74) is 0.686. The van der Waals surface area contributed by atoms with Crippen LogP contribution in [0.25, 0.3) is 0 Å². The Labute approximate surface area is 261 Å². The summed E-state index contributed by atoms with van der Waals surface area (Å²) in [5, 5.41) is 3.66. The molecular weight excluding hydrogens is 616 g/mol. The van der Waals surface area contributed by atoms with Crippen molar-refractivity contribution in [2.45, 2.75) is 62.6 Å². The summed E-state index contributed by atoms with van der Waals surface area (Å²) in [7, 11) is -2.85. The molecule has 0 heterocycles. The van der Waals surface area contributed by atoms with E-state index >= 15 is 0 Å². The van der Waals surface area contributed by atoms with Gasteiger partial charge in [0.05, 0.1) is 27.7 Å². The van der Waals surface area contributed by atoms with Crippen molar-refractivity contribution in [2.24, 2.45) is 0 Å². The van der Waals surface area contributed by atoms with E-state index in [0.29, 0.717) is 16.3 Å². The molecule has 4 rings (SSSR count). The van der Waals surface area contributed by atoms with Gasteiger partial charge in [-0.05, 0) is 86.0 Å². The lowest BCUT2D eigenvalue weighted by atomic mass is 9.95. The van der Waals surface area contributed by atoms with Crippen LogP contribution < -0.4 is 14.4 Å². The number of hydrogen-bond acceptors (Lipinski definition) is 5. The summed E-state index contributed by atoms with van der Waals surface area (Å²) in [4.78, 5) is 28.7. The number of rotatable bonds is 11. The van der Waals surface area contributed by atoms with Crippen molar-refractivity contribution >= 4 is 50.7 Å². The Morgan fingerprint density at radius 3 is 2.23 bits per heavy atom. The lowest BCUT2D eigenvalue weighted by Gasteiger charge is -2.33. The Morgan fingerprint density at radius 2 is 1.63 bits per heavy atom. The van der Waals surface area contributed by atoms with Crippen LogP contribution in [0.2, 0.25) is 10.0 Å². The molecule has 1 atom stereocenters. The van der Waals surface area contributed by atoms with Gasteiger partial charge in [-0.1, -0.05) is 48.5 Å². The number of amides is 2. The lowest BCUT2D eigenvalue weighted by Crippen LogP contribution is -2.53. The smallest absolute Gasteiger partial charge is 0.264 e. The second-order valence-electron chi connectivity index (χ2n) is 10.5. The number of nitrogens with zero attached hydrogens (tertiary/aromatic N) is 2. The minimum Gasteiger partial charge on any atom is -0.497 e. The van der Waals surface area contributed by atoms with E-state index in [1.54, 1.807) is 25.1 Å². The number of sulfonamides is 1. The van der Waals surface area contributed by atoms with Gasteiger partial charge in [0.15, 0.2) is 0 Å². The van der Waals surface area contributed by atoms with Gasteiger partial charge in [-0.3, -0.25) is 13.9 Å². The predicted octanol–water partition coefficient (Wildman–Crippen LogP) is 6.20. The van der Waals surface area contributed by atoms with Crippen molar-refractivity contribution in [3.63, 3.8) is 0 Å². The number of carbonyl (C=O) groups excluding carboxylic acids is 2. The number of ether oxygens (including phenoxy) is 1. The molecule has 1 saturated carbocycles. The van der Waals surface area contributed by atoms with Crippen LogP contribution in [0.15, 0.2) is 71.6 Å². The zero-order valence-electron chi connectivity index (χ0n) is 23.9. The van der Waals surface area contributed by atoms with E-state index in [-0.39, 0.29) is 34.1 Å². The van der Waals surface area contributed by atoms with E-state index < -0.39 is 34.3 Å². The molecule has 8 nitrogen and oxygen atoms in total. The number of methoxy groups -OCH3 is 1. The van der Waals surface area contributed by atoms with E-state index in [1.165, 1.54) is 48.4 Å². The van der Waals surface area contributed by atoms with Crippen molar-refractivity contribution in [1.29, 1.82) is 0 Å². The molecule has 1 fully saturated rings. The van der Waals surface area contributed by atoms with E-state index in [1.807, 2.05) is 0 Å². The number of carbonyl (C=O) groups is 2. The maximum Gasteiger partial charge on any atom is 0.264 e. The molecule has 3 aromatic rings. The fourth-order valence-corrected chi connectivity index (χ4v) is 6.73. The van der Waals surface area contributed by atoms with Crippen molar-refractivity contribution < 1.29 is 27.1 Å². The number of hydrogen-bond donors (Lipinski definition) is 1. The molecule has 1 N–H and O–H groups in total. The van der Waals surface area contributed by atoms with Crippen LogP contribution >= 0.6 is 23.2 Å². The second kappa shape index (κ2) is 14.4. The first-order valence-electron chi connectivity index (χ1n) is 14.0. The largest absolute Gasteiger partial charge is 0.497 e. The van der Waals surface area contributed by atoms with Crippen LogP contribution in [0.1, 0.15) is 44.6 Å². The van der Waals surface area contributed by atoms with E-state index in [4.69, 9.17) is 27.9 Å². The van der Waals surface area contributed by atoms with Gasteiger partial charge in [-0.2, -0.15) is 0 Å². The van der Waals surface area contributed by atoms with Crippen LogP contribution in [-0.2, 0) is 26.2 Å². The van der Waals surface area contributed by atoms with Gasteiger partial charge >= 0.3 is 0 Å². The summed E-state index contributed by atoms with van der Waals surface area (Å²) in [6.07, 6.45) is 4.86. The Bertz CT molecular complexity index is 1530. The van der Waals surface area contributed by atoms with Crippen LogP contribution in [-0.4, -0.2) is 50.9 Å². The number of benzene rings is 3. The summed E-state index contributed by atoms with van der Waals surface area (Å²) in [6.45, 7) is 0.922. The molecule has 0 unspecified atom stereocenters. The molecule has 0 aromatic heterocycles. The third-order valence-electron chi connectivity index (χ3n) is 7.50. The van der Waals surface area contributed by atoms with Crippen molar-refractivity contribution in [3.05, 3.63) is 88.2 Å². The van der Waals surface area contributed by atoms with Gasteiger partial charge in [0.2, 0.25) is 11.8 Å². The van der Waals surface area contributed by atoms with E-state index in [2.05, 4.69) is 5.32 Å². The van der Waals surface area contributed by atoms with Crippen LogP contribution in [0.3, 0.4) is 0 Å². The first kappa shape index (κ1) is 32.6. The van der Waals surface area contributed by atoms with Gasteiger partial charge < -0.3 is 15.0 Å². The fraction of sp³-hybridized carbons (Fsp3) is 0.355. The van der Waals surface area contributed by atoms with Crippen molar-refractivity contribution in [2.75, 3.05) is 18.0 Å². The highest BCUT2D eigenvalue weighted by atomic mass is 35.5. The Hall–Kier alpha value is -3.34. The average molecular weight is 651 g/mol. The number of halogens is 3. The minimum absolute atomic E-state index is 0.0109. The molecule has 1 aliphatic carbocycles. The second-order valence-corrected chi connectivity index (χ2v) is 13.1. The zero-order valence-corrected chi connectivity index (χ0v) is 26.3. The summed E-state index contributed by atoms with van der Waals surface area (Å²) in [6, 6.07) is 14.5. The van der Waals surface area contributed by atoms with Crippen LogP contribution in [0.4, 0.5) is 10.1 Å². The Balaban J connectivity index is 1.68. The Kier molecular flexibility index (Phi) is 10.9. The highest BCUT2D eigenvalue weighted by Gasteiger charge is 2.33. The number of nitrogens with one attached hydrogen (secondary N) is 1. The first-order valence-corrected chi connectivity index (χ1v) is 16.2. The molecule has 0 spiro atoms. The topological polar surface area (TPSA) is 96.0 Å². The molecule has 0 bridgehead atoms. The van der Waals surface area contributed by atoms with Gasteiger partial charge in [0, 0.05) is 12.6 Å². The average Bonchev–Trinajstić information content (AvgIpc) is 3.01. The maximum atomic E-state index is 14.1. The third-order valence-corrected chi connectivity index (χ3v) is 10.0. The maximum absolute atomic E-state index is 14.1. The highest BCUT2D eigenvalue weighted by molar-refractivity contribution is 7.92. The van der Waals surface area contributed by atoms with Crippen LogP contribution in [0.5, 0.6) is 5.75 Å². The summed E-state index contributed by atoms with van der Waals surface area (Å²) < 4.78 is 47.6. The minimum atomic E-state index is -4.31. The predicted molar refractivity (Wildman–Crippen MR) is 165 cm³/mol. The van der Waals surface area contributed by atoms with E-state index in [0.717, 1.165) is 48.5 Å². The van der Waals surface area contributed by atoms with Gasteiger partial charge in [0.25, 0.3) is 10.0 Å². The molecule has 0 radical (unpaired) electrons. The molecular formula is C31H34Cl2FN3O5S. The molecule has 0 saturated heterocycles.